The van der Waals surface area contributed by atoms with Gasteiger partial charge in [0.15, 0.2) is 15.7 Å². The first-order valence-electron chi connectivity index (χ1n) is 9.02. The number of rotatable bonds is 4. The Balaban J connectivity index is 1.67. The first-order chi connectivity index (χ1) is 12.5. The predicted molar refractivity (Wildman–Crippen MR) is 102 cm³/mol. The molecule has 26 heavy (non-hydrogen) atoms. The van der Waals surface area contributed by atoms with Crippen LogP contribution in [0.3, 0.4) is 0 Å². The van der Waals surface area contributed by atoms with Gasteiger partial charge in [0.2, 0.25) is 5.95 Å². The molecule has 0 amide bonds. The molecule has 2 atom stereocenters. The second-order valence-electron chi connectivity index (χ2n) is 7.01. The van der Waals surface area contributed by atoms with Crippen molar-refractivity contribution in [2.24, 2.45) is 0 Å². The van der Waals surface area contributed by atoms with E-state index < -0.39 is 9.84 Å². The summed E-state index contributed by atoms with van der Waals surface area (Å²) in [5.41, 5.74) is 2.45. The maximum atomic E-state index is 11.9. The fourth-order valence-corrected chi connectivity index (χ4v) is 5.75. The van der Waals surface area contributed by atoms with E-state index in [0.717, 1.165) is 17.9 Å². The molecule has 1 fully saturated rings. The third-order valence-electron chi connectivity index (χ3n) is 5.24. The Labute approximate surface area is 154 Å². The van der Waals surface area contributed by atoms with Gasteiger partial charge in [0.25, 0.3) is 0 Å². The predicted octanol–water partition coefficient (Wildman–Crippen LogP) is 1.97. The van der Waals surface area contributed by atoms with E-state index in [2.05, 4.69) is 40.2 Å². The molecule has 0 saturated carbocycles. The highest BCUT2D eigenvalue weighted by molar-refractivity contribution is 7.91. The Bertz CT molecular complexity index is 917. The third kappa shape index (κ3) is 3.02. The van der Waals surface area contributed by atoms with Crippen LogP contribution in [0.1, 0.15) is 25.8 Å². The molecule has 2 aliphatic heterocycles. The smallest absolute Gasteiger partial charge is 0.247 e. The number of aromatic nitrogens is 3. The molecular weight excluding hydrogens is 350 g/mol. The van der Waals surface area contributed by atoms with Crippen LogP contribution in [0.2, 0.25) is 0 Å². The second kappa shape index (κ2) is 6.50. The van der Waals surface area contributed by atoms with Gasteiger partial charge in [-0.1, -0.05) is 18.2 Å². The number of hydrogen-bond donors (Lipinski definition) is 0. The van der Waals surface area contributed by atoms with Crippen LogP contribution in [0.5, 0.6) is 0 Å². The minimum absolute atomic E-state index is 0.0784. The van der Waals surface area contributed by atoms with Gasteiger partial charge < -0.3 is 9.80 Å². The minimum atomic E-state index is -2.96. The van der Waals surface area contributed by atoms with Crippen molar-refractivity contribution in [3.05, 3.63) is 36.0 Å². The lowest BCUT2D eigenvalue weighted by Gasteiger charge is -2.28. The van der Waals surface area contributed by atoms with Crippen LogP contribution >= 0.6 is 0 Å². The summed E-state index contributed by atoms with van der Waals surface area (Å²) in [6.07, 6.45) is 3.27. The van der Waals surface area contributed by atoms with Gasteiger partial charge in [-0.2, -0.15) is 10.1 Å². The minimum Gasteiger partial charge on any atom is -0.336 e. The Morgan fingerprint density at radius 2 is 2.12 bits per heavy atom. The third-order valence-corrected chi connectivity index (χ3v) is 6.99. The average molecular weight is 373 g/mol. The van der Waals surface area contributed by atoms with Crippen molar-refractivity contribution in [1.29, 1.82) is 0 Å². The van der Waals surface area contributed by atoms with Crippen LogP contribution in [0.15, 0.2) is 30.5 Å². The molecule has 3 heterocycles. The Morgan fingerprint density at radius 1 is 1.31 bits per heavy atom. The van der Waals surface area contributed by atoms with Crippen LogP contribution in [0, 0.1) is 0 Å². The lowest BCUT2D eigenvalue weighted by Crippen LogP contribution is -2.38. The van der Waals surface area contributed by atoms with Gasteiger partial charge >= 0.3 is 0 Å². The first-order valence-corrected chi connectivity index (χ1v) is 10.8. The van der Waals surface area contributed by atoms with E-state index in [1.165, 1.54) is 5.56 Å². The van der Waals surface area contributed by atoms with Gasteiger partial charge in [-0.15, -0.1) is 5.10 Å². The Hall–Kier alpha value is -2.22. The summed E-state index contributed by atoms with van der Waals surface area (Å²) in [7, 11) is -2.96. The molecule has 1 aromatic heterocycles. The summed E-state index contributed by atoms with van der Waals surface area (Å²) >= 11 is 0. The molecule has 1 aromatic carbocycles. The summed E-state index contributed by atoms with van der Waals surface area (Å²) < 4.78 is 23.7. The number of hydrogen-bond acceptors (Lipinski definition) is 7. The van der Waals surface area contributed by atoms with Crippen LogP contribution in [0.25, 0.3) is 0 Å². The summed E-state index contributed by atoms with van der Waals surface area (Å²) in [5, 5.41) is 8.37. The van der Waals surface area contributed by atoms with Gasteiger partial charge in [0.05, 0.1) is 17.7 Å². The molecule has 8 heteroatoms. The number of fused-ring (bicyclic) bond motifs is 1. The van der Waals surface area contributed by atoms with Crippen LogP contribution in [-0.2, 0) is 16.3 Å². The van der Waals surface area contributed by atoms with Crippen LogP contribution in [-0.4, -0.2) is 53.7 Å². The molecule has 0 aliphatic carbocycles. The van der Waals surface area contributed by atoms with Gasteiger partial charge in [0.1, 0.15) is 0 Å². The number of sulfone groups is 1. The molecule has 0 radical (unpaired) electrons. The topological polar surface area (TPSA) is 79.3 Å². The lowest BCUT2D eigenvalue weighted by molar-refractivity contribution is 0.598. The first kappa shape index (κ1) is 17.2. The fraction of sp³-hybridized carbons (Fsp3) is 0.500. The Kier molecular flexibility index (Phi) is 4.30. The highest BCUT2D eigenvalue weighted by Crippen LogP contribution is 2.37. The molecule has 2 aliphatic rings. The molecule has 2 aromatic rings. The molecule has 0 spiro atoms. The SMILES string of the molecule is CCN(c1nncc(N2c3ccccc3CC2C)n1)C1CCS(=O)(=O)C1. The molecule has 0 bridgehead atoms. The van der Waals surface area contributed by atoms with Gasteiger partial charge in [-0.05, 0) is 38.3 Å². The molecule has 2 unspecified atom stereocenters. The number of para-hydroxylation sites is 1. The zero-order valence-electron chi connectivity index (χ0n) is 15.0. The zero-order valence-corrected chi connectivity index (χ0v) is 15.9. The van der Waals surface area contributed by atoms with E-state index in [9.17, 15) is 8.42 Å². The van der Waals surface area contributed by atoms with Crippen molar-refractivity contribution in [2.75, 3.05) is 27.9 Å². The Morgan fingerprint density at radius 3 is 2.85 bits per heavy atom. The summed E-state index contributed by atoms with van der Waals surface area (Å²) in [6.45, 7) is 4.81. The van der Waals surface area contributed by atoms with E-state index in [1.807, 2.05) is 17.9 Å². The number of benzene rings is 1. The highest BCUT2D eigenvalue weighted by Gasteiger charge is 2.34. The summed E-state index contributed by atoms with van der Waals surface area (Å²) in [4.78, 5) is 8.90. The van der Waals surface area contributed by atoms with Gasteiger partial charge in [0, 0.05) is 24.3 Å². The lowest BCUT2D eigenvalue weighted by atomic mass is 10.1. The zero-order chi connectivity index (χ0) is 18.3. The maximum Gasteiger partial charge on any atom is 0.247 e. The highest BCUT2D eigenvalue weighted by atomic mass is 32.2. The maximum absolute atomic E-state index is 11.9. The normalized spacial score (nSPS) is 23.8. The van der Waals surface area contributed by atoms with Crippen molar-refractivity contribution in [3.63, 3.8) is 0 Å². The molecule has 1 saturated heterocycles. The van der Waals surface area contributed by atoms with Gasteiger partial charge in [-0.3, -0.25) is 0 Å². The molecule has 138 valence electrons. The number of nitrogens with zero attached hydrogens (tertiary/aromatic N) is 5. The van der Waals surface area contributed by atoms with Crippen molar-refractivity contribution < 1.29 is 8.42 Å². The average Bonchev–Trinajstić information content (AvgIpc) is 3.14. The summed E-state index contributed by atoms with van der Waals surface area (Å²) in [6, 6.07) is 8.54. The van der Waals surface area contributed by atoms with Gasteiger partial charge in [-0.25, -0.2) is 8.42 Å². The van der Waals surface area contributed by atoms with E-state index in [0.29, 0.717) is 25.0 Å². The molecular formula is C18H23N5O2S. The van der Waals surface area contributed by atoms with Crippen molar-refractivity contribution in [2.45, 2.75) is 38.8 Å². The van der Waals surface area contributed by atoms with E-state index in [4.69, 9.17) is 4.98 Å². The quantitative estimate of drug-likeness (QED) is 0.810. The van der Waals surface area contributed by atoms with E-state index in [-0.39, 0.29) is 17.5 Å². The summed E-state index contributed by atoms with van der Waals surface area (Å²) in [5.74, 6) is 1.66. The standard InChI is InChI=1S/C18H23N5O2S/c1-3-22(15-8-9-26(24,25)12-15)18-20-17(11-19-21-18)23-13(2)10-14-6-4-5-7-16(14)23/h4-7,11,13,15H,3,8-10,12H2,1-2H3. The number of anilines is 3. The second-order valence-corrected chi connectivity index (χ2v) is 9.24. The largest absolute Gasteiger partial charge is 0.336 e. The van der Waals surface area contributed by atoms with E-state index in [1.54, 1.807) is 6.20 Å². The van der Waals surface area contributed by atoms with Crippen molar-refractivity contribution in [1.82, 2.24) is 15.2 Å². The monoisotopic (exact) mass is 373 g/mol. The van der Waals surface area contributed by atoms with E-state index >= 15 is 0 Å². The molecule has 7 nitrogen and oxygen atoms in total. The van der Waals surface area contributed by atoms with Crippen LogP contribution in [0.4, 0.5) is 17.5 Å². The fourth-order valence-electron chi connectivity index (χ4n) is 4.02. The molecule has 4 rings (SSSR count). The molecule has 0 N–H and O–H groups in total. The van der Waals surface area contributed by atoms with Crippen LogP contribution < -0.4 is 9.80 Å². The van der Waals surface area contributed by atoms with Crippen molar-refractivity contribution in [3.8, 4) is 0 Å². The van der Waals surface area contributed by atoms with Crippen molar-refractivity contribution >= 4 is 27.3 Å².